The molecule has 1 aliphatic carbocycles. The van der Waals surface area contributed by atoms with Gasteiger partial charge in [0.1, 0.15) is 18.5 Å². The standard InChI is InChI=1S/C24H24BrNO4/c1-23(2)18-10-14(28-11-15-12-29-24(3,4)30-15)6-8-16(18)21(27)20-17-7-5-13(25)9-19(17)26-22(20)23/h5-10,15,26H,11-12H2,1-4H3/t15-/m0/s1. The van der Waals surface area contributed by atoms with Gasteiger partial charge in [-0.15, -0.1) is 0 Å². The average molecular weight is 470 g/mol. The Morgan fingerprint density at radius 3 is 2.70 bits per heavy atom. The molecule has 1 fully saturated rings. The van der Waals surface area contributed by atoms with Crippen molar-refractivity contribution in [3.05, 3.63) is 63.3 Å². The van der Waals surface area contributed by atoms with Crippen LogP contribution in [0.4, 0.5) is 0 Å². The molecule has 3 aromatic rings. The second-order valence-corrected chi connectivity index (χ2v) is 9.90. The molecule has 6 heteroatoms. The summed E-state index contributed by atoms with van der Waals surface area (Å²) < 4.78 is 18.4. The third-order valence-corrected chi connectivity index (χ3v) is 6.52. The summed E-state index contributed by atoms with van der Waals surface area (Å²) in [6.07, 6.45) is -0.107. The number of carbonyl (C=O) groups excluding carboxylic acids is 1. The third kappa shape index (κ3) is 3.09. The second-order valence-electron chi connectivity index (χ2n) is 8.99. The molecule has 0 amide bonds. The predicted molar refractivity (Wildman–Crippen MR) is 118 cm³/mol. The van der Waals surface area contributed by atoms with E-state index in [1.807, 2.05) is 50.2 Å². The Balaban J connectivity index is 1.50. The average Bonchev–Trinajstić information content (AvgIpc) is 3.24. The lowest BCUT2D eigenvalue weighted by Gasteiger charge is -2.32. The highest BCUT2D eigenvalue weighted by molar-refractivity contribution is 9.10. The number of hydrogen-bond acceptors (Lipinski definition) is 4. The molecule has 2 aliphatic rings. The number of nitrogens with one attached hydrogen (secondary N) is 1. The summed E-state index contributed by atoms with van der Waals surface area (Å²) in [5.41, 5.74) is 4.00. The van der Waals surface area contributed by atoms with Gasteiger partial charge >= 0.3 is 0 Å². The zero-order valence-corrected chi connectivity index (χ0v) is 19.1. The molecular weight excluding hydrogens is 446 g/mol. The van der Waals surface area contributed by atoms with Crippen LogP contribution in [0.5, 0.6) is 5.75 Å². The van der Waals surface area contributed by atoms with Crippen molar-refractivity contribution < 1.29 is 19.0 Å². The minimum absolute atomic E-state index is 0.0497. The van der Waals surface area contributed by atoms with Crippen molar-refractivity contribution in [2.24, 2.45) is 0 Å². The molecule has 0 spiro atoms. The van der Waals surface area contributed by atoms with E-state index in [4.69, 9.17) is 14.2 Å². The van der Waals surface area contributed by atoms with Gasteiger partial charge in [0.15, 0.2) is 11.6 Å². The van der Waals surface area contributed by atoms with E-state index in [-0.39, 0.29) is 17.3 Å². The Hall–Kier alpha value is -2.15. The van der Waals surface area contributed by atoms with Crippen molar-refractivity contribution in [3.63, 3.8) is 0 Å². The van der Waals surface area contributed by atoms with E-state index < -0.39 is 5.79 Å². The summed E-state index contributed by atoms with van der Waals surface area (Å²) in [5.74, 6) is 0.207. The van der Waals surface area contributed by atoms with Gasteiger partial charge in [-0.1, -0.05) is 35.8 Å². The summed E-state index contributed by atoms with van der Waals surface area (Å²) in [6, 6.07) is 11.7. The molecule has 1 saturated heterocycles. The Morgan fingerprint density at radius 2 is 1.97 bits per heavy atom. The van der Waals surface area contributed by atoms with E-state index in [0.717, 1.165) is 43.5 Å². The smallest absolute Gasteiger partial charge is 0.195 e. The van der Waals surface area contributed by atoms with Gasteiger partial charge in [-0.05, 0) is 49.7 Å². The lowest BCUT2D eigenvalue weighted by atomic mass is 9.71. The van der Waals surface area contributed by atoms with E-state index in [2.05, 4.69) is 34.8 Å². The molecule has 5 nitrogen and oxygen atoms in total. The number of aromatic amines is 1. The number of benzene rings is 2. The summed E-state index contributed by atoms with van der Waals surface area (Å²) >= 11 is 3.52. The molecule has 0 radical (unpaired) electrons. The van der Waals surface area contributed by atoms with Gasteiger partial charge in [-0.2, -0.15) is 0 Å². The molecule has 156 valence electrons. The van der Waals surface area contributed by atoms with Crippen molar-refractivity contribution >= 4 is 32.6 Å². The first-order valence-corrected chi connectivity index (χ1v) is 10.9. The summed E-state index contributed by atoms with van der Waals surface area (Å²) in [5, 5.41) is 0.957. The minimum Gasteiger partial charge on any atom is -0.491 e. The first-order valence-electron chi connectivity index (χ1n) is 10.1. The number of rotatable bonds is 3. The molecular formula is C24H24BrNO4. The summed E-state index contributed by atoms with van der Waals surface area (Å²) in [6.45, 7) is 8.99. The molecule has 1 aliphatic heterocycles. The number of ketones is 1. The SMILES string of the molecule is CC1(C)OC[C@H](COc2ccc3c(c2)C(C)(C)c2[nH]c4cc(Br)ccc4c2C3=O)O1. The van der Waals surface area contributed by atoms with Crippen molar-refractivity contribution in [3.8, 4) is 5.75 Å². The number of aromatic nitrogens is 1. The maximum atomic E-state index is 13.4. The second kappa shape index (κ2) is 6.67. The summed E-state index contributed by atoms with van der Waals surface area (Å²) in [4.78, 5) is 16.9. The zero-order valence-electron chi connectivity index (χ0n) is 17.5. The van der Waals surface area contributed by atoms with Crippen LogP contribution in [0.1, 0.15) is 54.9 Å². The Bertz CT molecular complexity index is 1180. The highest BCUT2D eigenvalue weighted by Crippen LogP contribution is 2.45. The van der Waals surface area contributed by atoms with Crippen molar-refractivity contribution in [1.82, 2.24) is 4.98 Å². The van der Waals surface area contributed by atoms with Crippen LogP contribution in [0.15, 0.2) is 40.9 Å². The lowest BCUT2D eigenvalue weighted by molar-refractivity contribution is -0.141. The largest absolute Gasteiger partial charge is 0.491 e. The number of halogens is 1. The first kappa shape index (κ1) is 19.8. The highest BCUT2D eigenvalue weighted by atomic mass is 79.9. The topological polar surface area (TPSA) is 60.5 Å². The number of fused-ring (bicyclic) bond motifs is 4. The molecule has 0 saturated carbocycles. The Morgan fingerprint density at radius 1 is 1.17 bits per heavy atom. The molecule has 0 unspecified atom stereocenters. The van der Waals surface area contributed by atoms with Crippen LogP contribution >= 0.6 is 15.9 Å². The Labute approximate surface area is 183 Å². The molecule has 2 aromatic carbocycles. The van der Waals surface area contributed by atoms with Gasteiger partial charge in [-0.25, -0.2) is 0 Å². The van der Waals surface area contributed by atoms with Crippen molar-refractivity contribution in [2.45, 2.75) is 45.0 Å². The predicted octanol–water partition coefficient (Wildman–Crippen LogP) is 5.33. The molecule has 5 rings (SSSR count). The highest BCUT2D eigenvalue weighted by Gasteiger charge is 2.40. The normalized spacial score (nSPS) is 21.5. The van der Waals surface area contributed by atoms with E-state index in [9.17, 15) is 4.79 Å². The van der Waals surface area contributed by atoms with E-state index >= 15 is 0 Å². The lowest BCUT2D eigenvalue weighted by Crippen LogP contribution is -2.30. The van der Waals surface area contributed by atoms with Gasteiger partial charge in [0.25, 0.3) is 0 Å². The van der Waals surface area contributed by atoms with Gasteiger partial charge in [0.05, 0.1) is 12.2 Å². The monoisotopic (exact) mass is 469 g/mol. The molecule has 0 bridgehead atoms. The van der Waals surface area contributed by atoms with E-state index in [1.165, 1.54) is 0 Å². The molecule has 1 aromatic heterocycles. The number of ether oxygens (including phenoxy) is 3. The molecule has 1 atom stereocenters. The van der Waals surface area contributed by atoms with Gasteiger partial charge < -0.3 is 19.2 Å². The number of hydrogen-bond donors (Lipinski definition) is 1. The number of carbonyl (C=O) groups is 1. The van der Waals surface area contributed by atoms with E-state index in [0.29, 0.717) is 13.2 Å². The van der Waals surface area contributed by atoms with Gasteiger partial charge in [-0.3, -0.25) is 4.79 Å². The van der Waals surface area contributed by atoms with Crippen LogP contribution in [-0.4, -0.2) is 35.9 Å². The fourth-order valence-electron chi connectivity index (χ4n) is 4.51. The maximum Gasteiger partial charge on any atom is 0.195 e. The summed E-state index contributed by atoms with van der Waals surface area (Å²) in [7, 11) is 0. The minimum atomic E-state index is -0.570. The van der Waals surface area contributed by atoms with Crippen LogP contribution in [0, 0.1) is 0 Å². The first-order chi connectivity index (χ1) is 14.2. The van der Waals surface area contributed by atoms with Crippen LogP contribution in [0.2, 0.25) is 0 Å². The van der Waals surface area contributed by atoms with Crippen LogP contribution in [0.3, 0.4) is 0 Å². The molecule has 30 heavy (non-hydrogen) atoms. The fraction of sp³-hybridized carbons (Fsp3) is 0.375. The number of H-pyrrole nitrogens is 1. The maximum absolute atomic E-state index is 13.4. The van der Waals surface area contributed by atoms with Crippen LogP contribution < -0.4 is 4.74 Å². The van der Waals surface area contributed by atoms with E-state index in [1.54, 1.807) is 0 Å². The van der Waals surface area contributed by atoms with Crippen LogP contribution in [-0.2, 0) is 14.9 Å². The van der Waals surface area contributed by atoms with Crippen molar-refractivity contribution in [2.75, 3.05) is 13.2 Å². The van der Waals surface area contributed by atoms with Gasteiger partial charge in [0.2, 0.25) is 0 Å². The molecule has 1 N–H and O–H groups in total. The quantitative estimate of drug-likeness (QED) is 0.562. The zero-order chi connectivity index (χ0) is 21.3. The van der Waals surface area contributed by atoms with Crippen LogP contribution in [0.25, 0.3) is 10.9 Å². The van der Waals surface area contributed by atoms with Crippen molar-refractivity contribution in [1.29, 1.82) is 0 Å². The van der Waals surface area contributed by atoms with Gasteiger partial charge in [0, 0.05) is 32.0 Å². The third-order valence-electron chi connectivity index (χ3n) is 6.02. The molecule has 2 heterocycles. The fourth-order valence-corrected chi connectivity index (χ4v) is 4.87. The Kier molecular flexibility index (Phi) is 4.40.